The predicted octanol–water partition coefficient (Wildman–Crippen LogP) is 4.28. The van der Waals surface area contributed by atoms with Crippen LogP contribution in [0.5, 0.6) is 0 Å². The summed E-state index contributed by atoms with van der Waals surface area (Å²) >= 11 is 0. The van der Waals surface area contributed by atoms with Crippen molar-refractivity contribution in [1.29, 1.82) is 0 Å². The summed E-state index contributed by atoms with van der Waals surface area (Å²) in [6.07, 6.45) is 6.79. The van der Waals surface area contributed by atoms with E-state index in [-0.39, 0.29) is 17.4 Å². The van der Waals surface area contributed by atoms with Gasteiger partial charge in [-0.3, -0.25) is 4.79 Å². The van der Waals surface area contributed by atoms with Crippen molar-refractivity contribution in [2.75, 3.05) is 0 Å². The van der Waals surface area contributed by atoms with Crippen LogP contribution in [0.25, 0.3) is 5.69 Å². The van der Waals surface area contributed by atoms with Crippen LogP contribution in [0.3, 0.4) is 0 Å². The van der Waals surface area contributed by atoms with Gasteiger partial charge in [-0.1, -0.05) is 38.1 Å². The molecular formula is C21H27N3O. The topological polar surface area (TPSA) is 46.9 Å². The van der Waals surface area contributed by atoms with E-state index in [1.165, 1.54) is 11.3 Å². The molecule has 132 valence electrons. The number of aromatic nitrogens is 2. The Hall–Kier alpha value is -2.36. The van der Waals surface area contributed by atoms with E-state index in [0.717, 1.165) is 24.1 Å². The number of para-hydroxylation sites is 1. The number of amides is 1. The van der Waals surface area contributed by atoms with E-state index in [1.54, 1.807) is 6.08 Å². The molecule has 1 atom stereocenters. The number of nitrogens with zero attached hydrogens (tertiary/aromatic N) is 2. The molecule has 0 aliphatic heterocycles. The first-order valence-electron chi connectivity index (χ1n) is 8.94. The lowest BCUT2D eigenvalue weighted by atomic mass is 9.74. The fourth-order valence-corrected chi connectivity index (χ4v) is 3.68. The van der Waals surface area contributed by atoms with E-state index in [2.05, 4.69) is 54.6 Å². The Morgan fingerprint density at radius 1 is 1.44 bits per heavy atom. The van der Waals surface area contributed by atoms with E-state index in [1.807, 2.05) is 18.3 Å². The van der Waals surface area contributed by atoms with Crippen molar-refractivity contribution >= 4 is 5.91 Å². The Balaban J connectivity index is 1.95. The molecule has 1 heterocycles. The average molecular weight is 337 g/mol. The van der Waals surface area contributed by atoms with Crippen LogP contribution in [0.4, 0.5) is 0 Å². The molecule has 1 unspecified atom stereocenters. The summed E-state index contributed by atoms with van der Waals surface area (Å²) in [5.74, 6) is 0.0807. The molecule has 1 aliphatic carbocycles. The molecule has 0 saturated carbocycles. The zero-order valence-corrected chi connectivity index (χ0v) is 15.4. The van der Waals surface area contributed by atoms with Gasteiger partial charge in [0, 0.05) is 12.0 Å². The highest BCUT2D eigenvalue weighted by Crippen LogP contribution is 2.41. The highest BCUT2D eigenvalue weighted by molar-refractivity contribution is 5.76. The number of carbonyl (C=O) groups is 1. The summed E-state index contributed by atoms with van der Waals surface area (Å²) in [6, 6.07) is 8.31. The molecule has 1 aliphatic rings. The summed E-state index contributed by atoms with van der Waals surface area (Å²) in [5.41, 5.74) is 4.78. The molecule has 4 heteroatoms. The molecule has 25 heavy (non-hydrogen) atoms. The standard InChI is InChI=1S/C21H27N3O/c1-5-6-11-20(25)23-17-12-21(3,4)13-19-16(17)14-22-24(19)18-10-8-7-9-15(18)2/h5,7-10,14,17H,1,6,11-13H2,2-4H3,(H,23,25). The third-order valence-corrected chi connectivity index (χ3v) is 4.93. The second-order valence-electron chi connectivity index (χ2n) is 7.74. The highest BCUT2D eigenvalue weighted by atomic mass is 16.1. The minimum atomic E-state index is 0.0221. The Kier molecular flexibility index (Phi) is 4.80. The van der Waals surface area contributed by atoms with Crippen molar-refractivity contribution in [2.24, 2.45) is 5.41 Å². The molecule has 4 nitrogen and oxygen atoms in total. The molecule has 1 N–H and O–H groups in total. The summed E-state index contributed by atoms with van der Waals surface area (Å²) in [5, 5.41) is 7.87. The Labute approximate surface area is 149 Å². The van der Waals surface area contributed by atoms with E-state index in [4.69, 9.17) is 0 Å². The lowest BCUT2D eigenvalue weighted by Crippen LogP contribution is -2.36. The molecule has 0 radical (unpaired) electrons. The van der Waals surface area contributed by atoms with Gasteiger partial charge in [-0.2, -0.15) is 5.10 Å². The van der Waals surface area contributed by atoms with Crippen molar-refractivity contribution in [3.05, 3.63) is 59.9 Å². The monoisotopic (exact) mass is 337 g/mol. The molecule has 3 rings (SSSR count). The van der Waals surface area contributed by atoms with Crippen LogP contribution in [0.2, 0.25) is 0 Å². The Morgan fingerprint density at radius 2 is 2.20 bits per heavy atom. The number of rotatable bonds is 5. The summed E-state index contributed by atoms with van der Waals surface area (Å²) in [7, 11) is 0. The van der Waals surface area contributed by atoms with E-state index < -0.39 is 0 Å². The second-order valence-corrected chi connectivity index (χ2v) is 7.74. The largest absolute Gasteiger partial charge is 0.349 e. The minimum Gasteiger partial charge on any atom is -0.349 e. The number of hydrogen-bond donors (Lipinski definition) is 1. The Bertz CT molecular complexity index is 788. The van der Waals surface area contributed by atoms with Gasteiger partial charge in [-0.15, -0.1) is 6.58 Å². The average Bonchev–Trinajstić information content (AvgIpc) is 2.95. The van der Waals surface area contributed by atoms with Crippen LogP contribution in [-0.4, -0.2) is 15.7 Å². The van der Waals surface area contributed by atoms with Crippen LogP contribution in [0.15, 0.2) is 43.1 Å². The van der Waals surface area contributed by atoms with E-state index in [0.29, 0.717) is 12.8 Å². The molecule has 0 fully saturated rings. The van der Waals surface area contributed by atoms with Gasteiger partial charge >= 0.3 is 0 Å². The number of aryl methyl sites for hydroxylation is 1. The molecule has 0 bridgehead atoms. The van der Waals surface area contributed by atoms with E-state index >= 15 is 0 Å². The van der Waals surface area contributed by atoms with Crippen molar-refractivity contribution < 1.29 is 4.79 Å². The van der Waals surface area contributed by atoms with Gasteiger partial charge in [0.2, 0.25) is 5.91 Å². The van der Waals surface area contributed by atoms with Crippen LogP contribution < -0.4 is 5.32 Å². The number of hydrogen-bond acceptors (Lipinski definition) is 2. The zero-order valence-electron chi connectivity index (χ0n) is 15.4. The minimum absolute atomic E-state index is 0.0221. The smallest absolute Gasteiger partial charge is 0.220 e. The number of benzene rings is 1. The van der Waals surface area contributed by atoms with Crippen LogP contribution in [0.1, 0.15) is 56.0 Å². The van der Waals surface area contributed by atoms with Crippen molar-refractivity contribution in [3.63, 3.8) is 0 Å². The van der Waals surface area contributed by atoms with Gasteiger partial charge in [0.15, 0.2) is 0 Å². The first-order chi connectivity index (χ1) is 11.9. The molecule has 0 saturated heterocycles. The molecule has 1 aromatic heterocycles. The number of nitrogens with one attached hydrogen (secondary N) is 1. The SMILES string of the molecule is C=CCCC(=O)NC1CC(C)(C)Cc2c1cnn2-c1ccccc1C. The van der Waals surface area contributed by atoms with Crippen molar-refractivity contribution in [1.82, 2.24) is 15.1 Å². The summed E-state index contributed by atoms with van der Waals surface area (Å²) < 4.78 is 2.05. The Morgan fingerprint density at radius 3 is 2.92 bits per heavy atom. The zero-order chi connectivity index (χ0) is 18.0. The number of allylic oxidation sites excluding steroid dienone is 1. The molecule has 1 amide bonds. The van der Waals surface area contributed by atoms with Gasteiger partial charge < -0.3 is 5.32 Å². The van der Waals surface area contributed by atoms with Crippen LogP contribution in [-0.2, 0) is 11.2 Å². The van der Waals surface area contributed by atoms with Gasteiger partial charge in [0.1, 0.15) is 0 Å². The molecule has 0 spiro atoms. The molecule has 2 aromatic rings. The number of fused-ring (bicyclic) bond motifs is 1. The van der Waals surface area contributed by atoms with Crippen molar-refractivity contribution in [2.45, 2.75) is 52.5 Å². The van der Waals surface area contributed by atoms with Crippen molar-refractivity contribution in [3.8, 4) is 5.69 Å². The maximum absolute atomic E-state index is 12.2. The highest BCUT2D eigenvalue weighted by Gasteiger charge is 2.36. The fraction of sp³-hybridized carbons (Fsp3) is 0.429. The van der Waals surface area contributed by atoms with Crippen LogP contribution in [0, 0.1) is 12.3 Å². The first-order valence-corrected chi connectivity index (χ1v) is 8.94. The normalized spacial score (nSPS) is 18.4. The lowest BCUT2D eigenvalue weighted by molar-refractivity contribution is -0.122. The predicted molar refractivity (Wildman–Crippen MR) is 101 cm³/mol. The second kappa shape index (κ2) is 6.87. The molecule has 1 aromatic carbocycles. The maximum atomic E-state index is 12.2. The quantitative estimate of drug-likeness (QED) is 0.828. The fourth-order valence-electron chi connectivity index (χ4n) is 3.68. The number of carbonyl (C=O) groups excluding carboxylic acids is 1. The lowest BCUT2D eigenvalue weighted by Gasteiger charge is -2.36. The molecular weight excluding hydrogens is 310 g/mol. The third-order valence-electron chi connectivity index (χ3n) is 4.93. The van der Waals surface area contributed by atoms with Gasteiger partial charge in [-0.05, 0) is 43.2 Å². The van der Waals surface area contributed by atoms with Crippen LogP contribution >= 0.6 is 0 Å². The van der Waals surface area contributed by atoms with E-state index in [9.17, 15) is 4.79 Å². The summed E-state index contributed by atoms with van der Waals surface area (Å²) in [6.45, 7) is 10.3. The third kappa shape index (κ3) is 3.68. The van der Waals surface area contributed by atoms with Gasteiger partial charge in [0.25, 0.3) is 0 Å². The first kappa shape index (κ1) is 17.5. The van der Waals surface area contributed by atoms with Gasteiger partial charge in [0.05, 0.1) is 23.6 Å². The maximum Gasteiger partial charge on any atom is 0.220 e. The summed E-state index contributed by atoms with van der Waals surface area (Å²) in [4.78, 5) is 12.2. The van der Waals surface area contributed by atoms with Gasteiger partial charge in [-0.25, -0.2) is 4.68 Å².